The minimum absolute atomic E-state index is 0.0537. The van der Waals surface area contributed by atoms with E-state index < -0.39 is 0 Å². The fraction of sp³-hybridized carbons (Fsp3) is 0.533. The lowest BCUT2D eigenvalue weighted by atomic mass is 10.2. The van der Waals surface area contributed by atoms with E-state index in [9.17, 15) is 4.79 Å². The second-order valence-corrected chi connectivity index (χ2v) is 6.37. The average molecular weight is 376 g/mol. The Morgan fingerprint density at radius 3 is 2.86 bits per heavy atom. The van der Waals surface area contributed by atoms with Crippen LogP contribution in [0.2, 0.25) is 5.02 Å². The predicted octanol–water partition coefficient (Wildman–Crippen LogP) is 2.90. The summed E-state index contributed by atoms with van der Waals surface area (Å²) in [5, 5.41) is 0.567. The molecule has 4 nitrogen and oxygen atoms in total. The largest absolute Gasteiger partial charge is 0.383 e. The molecule has 1 aromatic rings. The van der Waals surface area contributed by atoms with Crippen LogP contribution >= 0.6 is 27.5 Å². The molecule has 1 aliphatic heterocycles. The Hall–Kier alpha value is -0.620. The van der Waals surface area contributed by atoms with E-state index in [0.29, 0.717) is 10.6 Å². The van der Waals surface area contributed by atoms with Crippen LogP contribution in [-0.2, 0) is 4.74 Å². The number of carbonyl (C=O) groups is 1. The van der Waals surface area contributed by atoms with Crippen LogP contribution in [0, 0.1) is 0 Å². The summed E-state index contributed by atoms with van der Waals surface area (Å²) in [6.45, 7) is 5.08. The van der Waals surface area contributed by atoms with Crippen molar-refractivity contribution in [2.75, 3.05) is 46.4 Å². The van der Waals surface area contributed by atoms with Crippen molar-refractivity contribution < 1.29 is 9.53 Å². The Balaban J connectivity index is 1.98. The van der Waals surface area contributed by atoms with Crippen molar-refractivity contribution >= 4 is 33.4 Å². The minimum Gasteiger partial charge on any atom is -0.383 e. The van der Waals surface area contributed by atoms with E-state index in [0.717, 1.165) is 50.2 Å². The fourth-order valence-corrected chi connectivity index (χ4v) is 2.86. The third kappa shape index (κ3) is 4.68. The number of ether oxygens (including phenoxy) is 1. The van der Waals surface area contributed by atoms with Gasteiger partial charge in [-0.25, -0.2) is 0 Å². The topological polar surface area (TPSA) is 32.8 Å². The Morgan fingerprint density at radius 1 is 1.33 bits per heavy atom. The monoisotopic (exact) mass is 374 g/mol. The number of nitrogens with zero attached hydrogens (tertiary/aromatic N) is 2. The number of methoxy groups -OCH3 is 1. The van der Waals surface area contributed by atoms with Crippen LogP contribution in [0.15, 0.2) is 22.7 Å². The zero-order valence-corrected chi connectivity index (χ0v) is 14.5. The van der Waals surface area contributed by atoms with Gasteiger partial charge in [0.1, 0.15) is 0 Å². The molecule has 1 saturated heterocycles. The Morgan fingerprint density at radius 2 is 2.14 bits per heavy atom. The van der Waals surface area contributed by atoms with Crippen LogP contribution in [0.3, 0.4) is 0 Å². The van der Waals surface area contributed by atoms with Crippen molar-refractivity contribution in [1.82, 2.24) is 9.80 Å². The maximum absolute atomic E-state index is 12.5. The maximum atomic E-state index is 12.5. The van der Waals surface area contributed by atoms with Crippen LogP contribution in [-0.4, -0.2) is 62.1 Å². The average Bonchev–Trinajstić information content (AvgIpc) is 2.73. The smallest absolute Gasteiger partial charge is 0.253 e. The van der Waals surface area contributed by atoms with Crippen molar-refractivity contribution in [3.05, 3.63) is 33.3 Å². The Kier molecular flexibility index (Phi) is 6.48. The molecule has 21 heavy (non-hydrogen) atoms. The van der Waals surface area contributed by atoms with Gasteiger partial charge in [-0.2, -0.15) is 0 Å². The SMILES string of the molecule is COCCN1CCCN(C(=O)c2ccc(Br)c(Cl)c2)CC1. The first-order chi connectivity index (χ1) is 10.1. The third-order valence-corrected chi connectivity index (χ3v) is 4.89. The molecule has 1 heterocycles. The summed E-state index contributed by atoms with van der Waals surface area (Å²) in [6.07, 6.45) is 0.986. The number of hydrogen-bond donors (Lipinski definition) is 0. The first kappa shape index (κ1) is 16.7. The van der Waals surface area contributed by atoms with E-state index in [1.54, 1.807) is 13.2 Å². The van der Waals surface area contributed by atoms with Gasteiger partial charge in [-0.1, -0.05) is 11.6 Å². The number of hydrogen-bond acceptors (Lipinski definition) is 3. The van der Waals surface area contributed by atoms with Crippen LogP contribution < -0.4 is 0 Å². The van der Waals surface area contributed by atoms with Crippen molar-refractivity contribution in [2.45, 2.75) is 6.42 Å². The van der Waals surface area contributed by atoms with Crippen LogP contribution in [0.25, 0.3) is 0 Å². The van der Waals surface area contributed by atoms with Gasteiger partial charge in [0.2, 0.25) is 0 Å². The fourth-order valence-electron chi connectivity index (χ4n) is 2.43. The second-order valence-electron chi connectivity index (χ2n) is 5.11. The molecular weight excluding hydrogens is 356 g/mol. The van der Waals surface area contributed by atoms with Crippen molar-refractivity contribution in [2.24, 2.45) is 0 Å². The number of benzene rings is 1. The molecule has 0 N–H and O–H groups in total. The van der Waals surface area contributed by atoms with E-state index in [4.69, 9.17) is 16.3 Å². The van der Waals surface area contributed by atoms with Gasteiger partial charge in [0.05, 0.1) is 11.6 Å². The summed E-state index contributed by atoms with van der Waals surface area (Å²) >= 11 is 9.41. The van der Waals surface area contributed by atoms with Gasteiger partial charge >= 0.3 is 0 Å². The summed E-state index contributed by atoms with van der Waals surface area (Å²) in [6, 6.07) is 5.35. The lowest BCUT2D eigenvalue weighted by Gasteiger charge is -2.22. The number of amides is 1. The molecule has 0 atom stereocenters. The van der Waals surface area contributed by atoms with Gasteiger partial charge < -0.3 is 9.64 Å². The molecule has 1 aromatic carbocycles. The van der Waals surface area contributed by atoms with Crippen molar-refractivity contribution in [1.29, 1.82) is 0 Å². The van der Waals surface area contributed by atoms with E-state index in [2.05, 4.69) is 20.8 Å². The number of carbonyl (C=O) groups excluding carboxylic acids is 1. The maximum Gasteiger partial charge on any atom is 0.253 e. The molecule has 0 aromatic heterocycles. The molecule has 1 aliphatic rings. The highest BCUT2D eigenvalue weighted by Gasteiger charge is 2.20. The Labute approximate surface area is 139 Å². The molecule has 0 radical (unpaired) electrons. The molecule has 0 spiro atoms. The van der Waals surface area contributed by atoms with Crippen molar-refractivity contribution in [3.63, 3.8) is 0 Å². The molecule has 0 aliphatic carbocycles. The molecular formula is C15H20BrClN2O2. The highest BCUT2D eigenvalue weighted by Crippen LogP contribution is 2.24. The van der Waals surface area contributed by atoms with Crippen molar-refractivity contribution in [3.8, 4) is 0 Å². The van der Waals surface area contributed by atoms with E-state index in [1.165, 1.54) is 0 Å². The Bertz CT molecular complexity index is 499. The molecule has 1 amide bonds. The molecule has 0 unspecified atom stereocenters. The summed E-state index contributed by atoms with van der Waals surface area (Å²) in [4.78, 5) is 16.8. The number of rotatable bonds is 4. The standard InChI is InChI=1S/C15H20BrClN2O2/c1-21-10-9-18-5-2-6-19(8-7-18)15(20)12-3-4-13(16)14(17)11-12/h3-4,11H,2,5-10H2,1H3. The summed E-state index contributed by atoms with van der Waals surface area (Å²) < 4.78 is 5.92. The van der Waals surface area contributed by atoms with Gasteiger partial charge in [-0.15, -0.1) is 0 Å². The van der Waals surface area contributed by atoms with E-state index in [1.807, 2.05) is 17.0 Å². The van der Waals surface area contributed by atoms with E-state index >= 15 is 0 Å². The van der Waals surface area contributed by atoms with Crippen LogP contribution in [0.5, 0.6) is 0 Å². The first-order valence-corrected chi connectivity index (χ1v) is 8.24. The number of halogens is 2. The van der Waals surface area contributed by atoms with Crippen LogP contribution in [0.1, 0.15) is 16.8 Å². The molecule has 0 saturated carbocycles. The summed E-state index contributed by atoms with van der Waals surface area (Å²) in [5.74, 6) is 0.0537. The molecule has 116 valence electrons. The third-order valence-electron chi connectivity index (χ3n) is 3.65. The highest BCUT2D eigenvalue weighted by atomic mass is 79.9. The van der Waals surface area contributed by atoms with Gasteiger partial charge in [-0.3, -0.25) is 9.69 Å². The highest BCUT2D eigenvalue weighted by molar-refractivity contribution is 9.10. The lowest BCUT2D eigenvalue weighted by molar-refractivity contribution is 0.0759. The van der Waals surface area contributed by atoms with E-state index in [-0.39, 0.29) is 5.91 Å². The van der Waals surface area contributed by atoms with Gasteiger partial charge in [0.25, 0.3) is 5.91 Å². The van der Waals surface area contributed by atoms with Crippen LogP contribution in [0.4, 0.5) is 0 Å². The lowest BCUT2D eigenvalue weighted by Crippen LogP contribution is -2.36. The summed E-state index contributed by atoms with van der Waals surface area (Å²) in [7, 11) is 1.71. The zero-order chi connectivity index (χ0) is 15.2. The van der Waals surface area contributed by atoms with Gasteiger partial charge in [-0.05, 0) is 47.1 Å². The van der Waals surface area contributed by atoms with Gasteiger partial charge in [0, 0.05) is 43.3 Å². The quantitative estimate of drug-likeness (QED) is 0.811. The molecule has 0 bridgehead atoms. The first-order valence-electron chi connectivity index (χ1n) is 7.07. The summed E-state index contributed by atoms with van der Waals surface area (Å²) in [5.41, 5.74) is 0.647. The molecule has 1 fully saturated rings. The second kappa shape index (κ2) is 8.13. The predicted molar refractivity (Wildman–Crippen MR) is 88.0 cm³/mol. The zero-order valence-electron chi connectivity index (χ0n) is 12.1. The normalized spacial score (nSPS) is 16.8. The molecule has 2 rings (SSSR count). The molecule has 6 heteroatoms. The van der Waals surface area contributed by atoms with Gasteiger partial charge in [0.15, 0.2) is 0 Å². The minimum atomic E-state index is 0.0537.